The molecule has 0 bridgehead atoms. The van der Waals surface area contributed by atoms with Crippen molar-refractivity contribution >= 4 is 237 Å². The Balaban J connectivity index is 1.15. The van der Waals surface area contributed by atoms with E-state index < -0.39 is 20.1 Å². The van der Waals surface area contributed by atoms with Crippen LogP contribution in [0.15, 0.2) is 300 Å². The van der Waals surface area contributed by atoms with Crippen LogP contribution in [0.25, 0.3) is 88.9 Å². The average molecular weight is 1430 g/mol. The van der Waals surface area contributed by atoms with Crippen LogP contribution in [0.4, 0.5) is 0 Å². The van der Waals surface area contributed by atoms with E-state index >= 15 is 0 Å². The Morgan fingerprint density at radius 2 is 0.541 bits per heavy atom. The van der Waals surface area contributed by atoms with Crippen LogP contribution in [0.1, 0.15) is 52.7 Å². The summed E-state index contributed by atoms with van der Waals surface area (Å²) in [7, 11) is 25.3. The number of fused-ring (bicyclic) bond motifs is 6. The summed E-state index contributed by atoms with van der Waals surface area (Å²) in [6.45, 7) is 13.9. The Labute approximate surface area is 659 Å². The minimum absolute atomic E-state index is 0.102. The Kier molecular flexibility index (Phi) is 18.7. The van der Waals surface area contributed by atoms with Crippen molar-refractivity contribution in [2.75, 3.05) is 0 Å². The molecule has 16 rings (SSSR count). The van der Waals surface area contributed by atoms with Crippen molar-refractivity contribution in [2.45, 2.75) is 91.5 Å². The minimum atomic E-state index is -2.62. The van der Waals surface area contributed by atoms with E-state index in [9.17, 15) is 0 Å². The van der Waals surface area contributed by atoms with Crippen LogP contribution >= 0.6 is 20.1 Å². The average Bonchev–Trinajstić information content (AvgIpc) is 1.40. The highest BCUT2D eigenvalue weighted by Gasteiger charge is 2.44. The first-order valence-corrected chi connectivity index (χ1v) is 41.9. The first-order chi connectivity index (χ1) is 52.3. The quantitative estimate of drug-likeness (QED) is 0.167. The van der Waals surface area contributed by atoms with Gasteiger partial charge in [-0.1, -0.05) is 225 Å². The highest BCUT2D eigenvalue weighted by Crippen LogP contribution is 2.76. The summed E-state index contributed by atoms with van der Waals surface area (Å²) in [6.07, 6.45) is 0. The maximum absolute atomic E-state index is 6.34. The van der Waals surface area contributed by atoms with Gasteiger partial charge < -0.3 is 0 Å². The fourth-order valence-electron chi connectivity index (χ4n) is 18.1. The van der Waals surface area contributed by atoms with Gasteiger partial charge in [0.25, 0.3) is 0 Å². The normalized spacial score (nSPS) is 12.5. The number of hydrogen-bond donors (Lipinski definition) is 0. The molecule has 0 amide bonds. The Hall–Kier alpha value is -9.92. The lowest BCUT2D eigenvalue weighted by atomic mass is 9.60. The Morgan fingerprint density at radius 1 is 0.248 bits per heavy atom. The van der Waals surface area contributed by atoms with Gasteiger partial charge >= 0.3 is 0 Å². The number of benzene rings is 13. The number of hydrogen-bond acceptors (Lipinski definition) is 2. The van der Waals surface area contributed by atoms with E-state index in [0.717, 1.165) is 50.2 Å². The summed E-state index contributed by atoms with van der Waals surface area (Å²) in [4.78, 5) is 22.6. The molecule has 0 atom stereocenters. The molecule has 4 nitrogen and oxygen atoms in total. The van der Waals surface area contributed by atoms with Gasteiger partial charge in [-0.25, -0.2) is 9.97 Å². The van der Waals surface area contributed by atoms with Gasteiger partial charge in [-0.2, -0.15) is 0 Å². The van der Waals surface area contributed by atoms with Gasteiger partial charge in [0.1, 0.15) is 114 Å². The molecule has 518 valence electrons. The Morgan fingerprint density at radius 3 is 0.872 bits per heavy atom. The van der Waals surface area contributed by atoms with E-state index in [4.69, 9.17) is 9.97 Å². The summed E-state index contributed by atoms with van der Waals surface area (Å²) >= 11 is 0. The monoisotopic (exact) mass is 1430 g/mol. The fraction of sp³-hybridized carbons (Fsp3) is 0.0889. The van der Waals surface area contributed by atoms with Gasteiger partial charge in [0.15, 0.2) is 5.82 Å². The van der Waals surface area contributed by atoms with Gasteiger partial charge in [-0.05, 0) is 163 Å². The van der Waals surface area contributed by atoms with Crippen molar-refractivity contribution in [1.82, 2.24) is 19.1 Å². The van der Waals surface area contributed by atoms with E-state index in [1.807, 2.05) is 0 Å². The molecule has 3 heterocycles. The molecule has 0 saturated heterocycles. The van der Waals surface area contributed by atoms with Crippen molar-refractivity contribution < 1.29 is 0 Å². The van der Waals surface area contributed by atoms with E-state index in [2.05, 4.69) is 414 Å². The molecule has 0 unspecified atom stereocenters. The zero-order chi connectivity index (χ0) is 76.5. The van der Waals surface area contributed by atoms with E-state index in [0.29, 0.717) is 5.82 Å². The summed E-state index contributed by atoms with van der Waals surface area (Å²) in [5.74, 6) is 2.22. The lowest BCUT2D eigenvalue weighted by molar-refractivity contribution is 0.590. The van der Waals surface area contributed by atoms with Crippen LogP contribution in [0.5, 0.6) is 0 Å². The van der Waals surface area contributed by atoms with Crippen LogP contribution < -0.4 is 71.0 Å². The summed E-state index contributed by atoms with van der Waals surface area (Å²) in [5, 5.41) is 4.73. The molecule has 19 heteroatoms. The maximum Gasteiger partial charge on any atom is 0.162 e. The molecule has 0 saturated carbocycles. The minimum Gasteiger partial charge on any atom is -0.294 e. The maximum atomic E-state index is 6.34. The third-order valence-electron chi connectivity index (χ3n) is 24.5. The molecule has 0 radical (unpaired) electrons. The molecule has 13 aromatic carbocycles. The molecular weight excluding hydrogens is 1340 g/mol. The zero-order valence-corrected chi connectivity index (χ0v) is 68.6. The second-order valence-electron chi connectivity index (χ2n) is 32.5. The largest absolute Gasteiger partial charge is 0.294 e. The summed E-state index contributed by atoms with van der Waals surface area (Å²) in [6, 6.07) is 100. The number of rotatable bonds is 13. The predicted molar refractivity (Wildman–Crippen MR) is 511 cm³/mol. The molecular formula is C90H87B13N4S2. The van der Waals surface area contributed by atoms with Crippen molar-refractivity contribution in [3.05, 3.63) is 272 Å². The van der Waals surface area contributed by atoms with E-state index in [1.54, 1.807) is 0 Å². The van der Waals surface area contributed by atoms with Gasteiger partial charge in [0.2, 0.25) is 0 Å². The van der Waals surface area contributed by atoms with Gasteiger partial charge in [0.05, 0.1) is 22.1 Å². The number of nitrogens with zero attached hydrogens (tertiary/aromatic N) is 4. The van der Waals surface area contributed by atoms with Crippen LogP contribution in [-0.4, -0.2) is 121 Å². The molecule has 109 heavy (non-hydrogen) atoms. The first-order valence-electron chi connectivity index (χ1n) is 38.6. The summed E-state index contributed by atoms with van der Waals surface area (Å²) in [5.41, 5.74) is 29.6. The second kappa shape index (κ2) is 27.9. The van der Waals surface area contributed by atoms with Crippen LogP contribution in [-0.2, 0) is 10.8 Å². The SMILES string of the molecule is Bc1c(B)c(B)c(-c2cccc(S(c3ccccc3)(c3ccccc3)c3c(B)c(-c4nc(-n5c6ccccc6c6ccccc65)cc(-n5c6ccc(C(C)(C)C)cc6c6cc(C(C)(C)C)ccc65)n4)c(B)c(S(c4ccccc4)(c4ccccc4)c4cccc(-c5c(B)c(B)c(B)c(B)c5B)c4)c3B)c2)c(B)c1B. The standard InChI is InChI=1S/C90H87B13N4S2/c1-89(2,3)52-41-43-66-62(47-52)63-48-53(90(4,5)6)42-44-67(63)107(66)69-49-68(106-64-39-21-19-37-60(64)61-38-20-22-40-65(61)106)104-88(105-69)72-77(95)86(108(54-27-11-7-12-28-54,55-29-13-8-14-30-55)58-35-23-25-50(45-58)70-73(91)79(97)83(101)80(98)74(70)92)85(103)87(78(72)96)109(56-31-15-9-16-32-56,57-33-17-10-18-34-57)59-36-24-26-51(46-59)71-75(93)81(99)84(102)82(100)76(71)94/h7-49H,91-103H2,1-6H3. The van der Waals surface area contributed by atoms with Gasteiger partial charge in [-0.3, -0.25) is 9.13 Å². The molecule has 0 aliphatic heterocycles. The topological polar surface area (TPSA) is 35.6 Å². The number of para-hydroxylation sites is 2. The van der Waals surface area contributed by atoms with Gasteiger partial charge in [-0.15, -0.1) is 52.8 Å². The third-order valence-corrected chi connectivity index (χ3v) is 32.8. The third kappa shape index (κ3) is 11.7. The smallest absolute Gasteiger partial charge is 0.162 e. The molecule has 0 spiro atoms. The van der Waals surface area contributed by atoms with E-state index in [1.165, 1.54) is 154 Å². The van der Waals surface area contributed by atoms with Crippen LogP contribution in [0, 0.1) is 0 Å². The molecule has 0 aliphatic rings. The molecule has 0 aliphatic carbocycles. The molecule has 0 fully saturated rings. The van der Waals surface area contributed by atoms with E-state index in [-0.39, 0.29) is 10.8 Å². The highest BCUT2D eigenvalue weighted by molar-refractivity contribution is 8.35. The van der Waals surface area contributed by atoms with Crippen molar-refractivity contribution in [1.29, 1.82) is 0 Å². The van der Waals surface area contributed by atoms with Gasteiger partial charge in [0, 0.05) is 62.5 Å². The zero-order valence-electron chi connectivity index (χ0n) is 66.9. The summed E-state index contributed by atoms with van der Waals surface area (Å²) < 4.78 is 4.86. The predicted octanol–water partition coefficient (Wildman–Crippen LogP) is 2.31. The van der Waals surface area contributed by atoms with Crippen molar-refractivity contribution in [3.63, 3.8) is 0 Å². The first kappa shape index (κ1) is 73.2. The molecule has 16 aromatic rings. The number of aromatic nitrogens is 4. The molecule has 0 N–H and O–H groups in total. The van der Waals surface area contributed by atoms with Crippen LogP contribution in [0.2, 0.25) is 0 Å². The fourth-order valence-corrected chi connectivity index (χ4v) is 26.9. The van der Waals surface area contributed by atoms with Crippen molar-refractivity contribution in [3.8, 4) is 45.3 Å². The Bertz CT molecular complexity index is 5890. The lowest BCUT2D eigenvalue weighted by Crippen LogP contribution is -2.55. The molecule has 3 aromatic heterocycles. The second-order valence-corrected chi connectivity index (χ2v) is 38.6. The van der Waals surface area contributed by atoms with Crippen LogP contribution in [0.3, 0.4) is 0 Å². The lowest BCUT2D eigenvalue weighted by Gasteiger charge is -2.49. The van der Waals surface area contributed by atoms with Crippen molar-refractivity contribution in [2.24, 2.45) is 0 Å². The highest BCUT2D eigenvalue weighted by atomic mass is 32.3.